The summed E-state index contributed by atoms with van der Waals surface area (Å²) in [6.07, 6.45) is 9.94. The lowest BCUT2D eigenvalue weighted by molar-refractivity contribution is 0.141. The van der Waals surface area contributed by atoms with Gasteiger partial charge in [-0.2, -0.15) is 0 Å². The van der Waals surface area contributed by atoms with E-state index in [1.165, 1.54) is 64.6 Å². The topological polar surface area (TPSA) is 15.3 Å². The molecule has 0 aromatic heterocycles. The van der Waals surface area contributed by atoms with Gasteiger partial charge in [-0.25, -0.2) is 0 Å². The van der Waals surface area contributed by atoms with Crippen LogP contribution in [0.3, 0.4) is 0 Å². The van der Waals surface area contributed by atoms with E-state index in [2.05, 4.69) is 24.1 Å². The van der Waals surface area contributed by atoms with E-state index in [0.29, 0.717) is 0 Å². The van der Waals surface area contributed by atoms with Crippen LogP contribution < -0.4 is 5.32 Å². The quantitative estimate of drug-likeness (QED) is 0.810. The van der Waals surface area contributed by atoms with Crippen LogP contribution in [-0.4, -0.2) is 36.6 Å². The highest BCUT2D eigenvalue weighted by Crippen LogP contribution is 2.19. The summed E-state index contributed by atoms with van der Waals surface area (Å²) in [7, 11) is 0. The highest BCUT2D eigenvalue weighted by molar-refractivity contribution is 4.79. The summed E-state index contributed by atoms with van der Waals surface area (Å²) >= 11 is 0. The number of likely N-dealkylation sites (tertiary alicyclic amines) is 1. The van der Waals surface area contributed by atoms with Crippen LogP contribution in [0.2, 0.25) is 0 Å². The molecule has 1 aliphatic heterocycles. The van der Waals surface area contributed by atoms with Crippen molar-refractivity contribution in [1.82, 2.24) is 10.2 Å². The van der Waals surface area contributed by atoms with E-state index >= 15 is 0 Å². The first-order chi connectivity index (χ1) is 8.25. The van der Waals surface area contributed by atoms with Gasteiger partial charge in [0.2, 0.25) is 0 Å². The molecule has 2 fully saturated rings. The Bertz CT molecular complexity index is 203. The van der Waals surface area contributed by atoms with E-state index < -0.39 is 0 Å². The van der Waals surface area contributed by atoms with Gasteiger partial charge in [0.25, 0.3) is 0 Å². The van der Waals surface area contributed by atoms with Gasteiger partial charge in [-0.1, -0.05) is 26.2 Å². The average molecular weight is 238 g/mol. The molecule has 100 valence electrons. The molecule has 1 saturated heterocycles. The molecule has 1 N–H and O–H groups in total. The van der Waals surface area contributed by atoms with E-state index in [9.17, 15) is 0 Å². The summed E-state index contributed by atoms with van der Waals surface area (Å²) in [5, 5.41) is 3.79. The molecular weight excluding hydrogens is 208 g/mol. The van der Waals surface area contributed by atoms with Crippen molar-refractivity contribution in [3.8, 4) is 0 Å². The monoisotopic (exact) mass is 238 g/mol. The Hall–Kier alpha value is -0.0800. The first kappa shape index (κ1) is 13.4. The summed E-state index contributed by atoms with van der Waals surface area (Å²) in [5.74, 6) is 0.949. The zero-order valence-corrected chi connectivity index (χ0v) is 11.8. The third kappa shape index (κ3) is 4.26. The Morgan fingerprint density at radius 2 is 1.71 bits per heavy atom. The van der Waals surface area contributed by atoms with Gasteiger partial charge in [0.15, 0.2) is 0 Å². The van der Waals surface area contributed by atoms with Crippen LogP contribution in [0.15, 0.2) is 0 Å². The van der Waals surface area contributed by atoms with Crippen molar-refractivity contribution in [2.24, 2.45) is 5.92 Å². The van der Waals surface area contributed by atoms with E-state index in [4.69, 9.17) is 0 Å². The van der Waals surface area contributed by atoms with Gasteiger partial charge in [0.1, 0.15) is 0 Å². The lowest BCUT2D eigenvalue weighted by Gasteiger charge is -2.36. The van der Waals surface area contributed by atoms with Gasteiger partial charge in [-0.05, 0) is 51.6 Å². The first-order valence-corrected chi connectivity index (χ1v) is 7.73. The normalized spacial score (nSPS) is 27.2. The molecule has 0 aromatic rings. The minimum Gasteiger partial charge on any atom is -0.312 e. The van der Waals surface area contributed by atoms with Gasteiger partial charge < -0.3 is 5.32 Å². The number of nitrogens with zero attached hydrogens (tertiary/aromatic N) is 1. The maximum Gasteiger partial charge on any atom is 0.0192 e. The van der Waals surface area contributed by atoms with Crippen LogP contribution >= 0.6 is 0 Å². The Morgan fingerprint density at radius 3 is 2.35 bits per heavy atom. The summed E-state index contributed by atoms with van der Waals surface area (Å²) in [5.41, 5.74) is 0. The van der Waals surface area contributed by atoms with E-state index in [0.717, 1.165) is 18.0 Å². The predicted molar refractivity (Wildman–Crippen MR) is 74.3 cm³/mol. The molecule has 1 unspecified atom stereocenters. The molecule has 0 amide bonds. The van der Waals surface area contributed by atoms with Crippen molar-refractivity contribution < 1.29 is 0 Å². The fourth-order valence-electron chi connectivity index (χ4n) is 3.24. The lowest BCUT2D eigenvalue weighted by Crippen LogP contribution is -2.46. The second-order valence-electron chi connectivity index (χ2n) is 6.31. The zero-order valence-electron chi connectivity index (χ0n) is 11.8. The maximum absolute atomic E-state index is 3.79. The number of nitrogens with one attached hydrogen (secondary N) is 1. The minimum atomic E-state index is 0.726. The SMILES string of the molecule is CC1CCN(C(C)CNC2CCCCC2)CC1. The summed E-state index contributed by atoms with van der Waals surface area (Å²) in [4.78, 5) is 2.68. The third-order valence-corrected chi connectivity index (χ3v) is 4.75. The fraction of sp³-hybridized carbons (Fsp3) is 1.00. The molecule has 1 heterocycles. The van der Waals surface area contributed by atoms with Gasteiger partial charge in [-0.3, -0.25) is 4.90 Å². The second kappa shape index (κ2) is 6.75. The Balaban J connectivity index is 1.64. The van der Waals surface area contributed by atoms with Crippen LogP contribution in [0.1, 0.15) is 58.8 Å². The first-order valence-electron chi connectivity index (χ1n) is 7.73. The van der Waals surface area contributed by atoms with Crippen LogP contribution in [0, 0.1) is 5.92 Å². The molecule has 1 atom stereocenters. The summed E-state index contributed by atoms with van der Waals surface area (Å²) in [6, 6.07) is 1.54. The largest absolute Gasteiger partial charge is 0.312 e. The Kier molecular flexibility index (Phi) is 5.30. The lowest BCUT2D eigenvalue weighted by atomic mass is 9.95. The number of hydrogen-bond acceptors (Lipinski definition) is 2. The molecule has 0 bridgehead atoms. The smallest absolute Gasteiger partial charge is 0.0192 e. The molecule has 0 aromatic carbocycles. The minimum absolute atomic E-state index is 0.726. The standard InChI is InChI=1S/C15H30N2/c1-13-8-10-17(11-9-13)14(2)12-16-15-6-4-3-5-7-15/h13-16H,3-12H2,1-2H3. The predicted octanol–water partition coefficient (Wildman–Crippen LogP) is 3.03. The van der Waals surface area contributed by atoms with Crippen LogP contribution in [0.4, 0.5) is 0 Å². The molecule has 2 rings (SSSR count). The van der Waals surface area contributed by atoms with Gasteiger partial charge >= 0.3 is 0 Å². The molecule has 0 spiro atoms. The molecule has 17 heavy (non-hydrogen) atoms. The second-order valence-corrected chi connectivity index (χ2v) is 6.31. The highest BCUT2D eigenvalue weighted by Gasteiger charge is 2.21. The van der Waals surface area contributed by atoms with Crippen molar-refractivity contribution in [2.75, 3.05) is 19.6 Å². The maximum atomic E-state index is 3.79. The number of piperidine rings is 1. The molecular formula is C15H30N2. The molecule has 2 heteroatoms. The van der Waals surface area contributed by atoms with Gasteiger partial charge in [0, 0.05) is 18.6 Å². The van der Waals surface area contributed by atoms with Crippen molar-refractivity contribution in [1.29, 1.82) is 0 Å². The highest BCUT2D eigenvalue weighted by atomic mass is 15.2. The molecule has 2 aliphatic rings. The van der Waals surface area contributed by atoms with Gasteiger partial charge in [0.05, 0.1) is 0 Å². The molecule has 2 nitrogen and oxygen atoms in total. The molecule has 1 aliphatic carbocycles. The number of rotatable bonds is 4. The third-order valence-electron chi connectivity index (χ3n) is 4.75. The average Bonchev–Trinajstić information content (AvgIpc) is 2.38. The van der Waals surface area contributed by atoms with Crippen molar-refractivity contribution in [3.63, 3.8) is 0 Å². The Labute approximate surface area is 107 Å². The fourth-order valence-corrected chi connectivity index (χ4v) is 3.24. The van der Waals surface area contributed by atoms with Crippen molar-refractivity contribution in [2.45, 2.75) is 70.9 Å². The van der Waals surface area contributed by atoms with E-state index in [-0.39, 0.29) is 0 Å². The van der Waals surface area contributed by atoms with E-state index in [1.54, 1.807) is 0 Å². The van der Waals surface area contributed by atoms with Crippen LogP contribution in [0.25, 0.3) is 0 Å². The van der Waals surface area contributed by atoms with Crippen molar-refractivity contribution in [3.05, 3.63) is 0 Å². The molecule has 0 radical (unpaired) electrons. The Morgan fingerprint density at radius 1 is 1.06 bits per heavy atom. The number of hydrogen-bond donors (Lipinski definition) is 1. The van der Waals surface area contributed by atoms with E-state index in [1.807, 2.05) is 0 Å². The zero-order chi connectivity index (χ0) is 12.1. The van der Waals surface area contributed by atoms with Gasteiger partial charge in [-0.15, -0.1) is 0 Å². The summed E-state index contributed by atoms with van der Waals surface area (Å²) in [6.45, 7) is 8.61. The van der Waals surface area contributed by atoms with Crippen LogP contribution in [-0.2, 0) is 0 Å². The summed E-state index contributed by atoms with van der Waals surface area (Å²) < 4.78 is 0. The van der Waals surface area contributed by atoms with Crippen molar-refractivity contribution >= 4 is 0 Å². The van der Waals surface area contributed by atoms with Crippen LogP contribution in [0.5, 0.6) is 0 Å². The molecule has 1 saturated carbocycles.